The molecular formula is C23H16N2O3. The number of rotatable bonds is 4. The van der Waals surface area contributed by atoms with Crippen molar-refractivity contribution in [2.24, 2.45) is 0 Å². The van der Waals surface area contributed by atoms with Crippen LogP contribution in [-0.4, -0.2) is 17.7 Å². The van der Waals surface area contributed by atoms with E-state index in [1.807, 2.05) is 30.3 Å². The molecule has 1 aliphatic rings. The number of hydrogen-bond acceptors (Lipinski definition) is 3. The smallest absolute Gasteiger partial charge is 0.266 e. The average molecular weight is 368 g/mol. The first-order valence-electron chi connectivity index (χ1n) is 8.75. The fourth-order valence-electron chi connectivity index (χ4n) is 3.04. The van der Waals surface area contributed by atoms with Gasteiger partial charge < -0.3 is 5.32 Å². The molecule has 4 rings (SSSR count). The summed E-state index contributed by atoms with van der Waals surface area (Å²) in [5, 5.41) is 2.76. The minimum Gasteiger partial charge on any atom is -0.323 e. The third-order valence-corrected chi connectivity index (χ3v) is 4.41. The Bertz CT molecular complexity index is 1050. The van der Waals surface area contributed by atoms with Crippen LogP contribution in [0.2, 0.25) is 0 Å². The van der Waals surface area contributed by atoms with E-state index in [4.69, 9.17) is 0 Å². The highest BCUT2D eigenvalue weighted by molar-refractivity contribution is 6.34. The van der Waals surface area contributed by atoms with Crippen molar-refractivity contribution in [3.8, 4) is 0 Å². The van der Waals surface area contributed by atoms with E-state index in [-0.39, 0.29) is 17.7 Å². The van der Waals surface area contributed by atoms with Crippen LogP contribution in [0.3, 0.4) is 0 Å². The lowest BCUT2D eigenvalue weighted by Gasteiger charge is -2.14. The van der Waals surface area contributed by atoms with E-state index in [1.165, 1.54) is 6.08 Å². The van der Waals surface area contributed by atoms with Gasteiger partial charge >= 0.3 is 0 Å². The lowest BCUT2D eigenvalue weighted by molar-refractivity contribution is -0.111. The van der Waals surface area contributed by atoms with Gasteiger partial charge in [0.15, 0.2) is 0 Å². The zero-order valence-electron chi connectivity index (χ0n) is 14.8. The van der Waals surface area contributed by atoms with Crippen LogP contribution in [0.4, 0.5) is 11.4 Å². The second kappa shape index (κ2) is 7.32. The average Bonchev–Trinajstić information content (AvgIpc) is 2.99. The summed E-state index contributed by atoms with van der Waals surface area (Å²) in [4.78, 5) is 38.2. The Morgan fingerprint density at radius 1 is 0.750 bits per heavy atom. The van der Waals surface area contributed by atoms with Gasteiger partial charge in [-0.15, -0.1) is 0 Å². The number of fused-ring (bicyclic) bond motifs is 1. The lowest BCUT2D eigenvalue weighted by atomic mass is 10.1. The SMILES string of the molecule is O=C(C=Cc1ccccc1)Nc1ccc(N2C(=O)c3ccccc3C2=O)cc1. The molecule has 0 aromatic heterocycles. The molecule has 3 aromatic rings. The molecule has 136 valence electrons. The molecule has 0 fully saturated rings. The summed E-state index contributed by atoms with van der Waals surface area (Å²) in [5.74, 6) is -0.955. The van der Waals surface area contributed by atoms with Gasteiger partial charge in [0, 0.05) is 11.8 Å². The van der Waals surface area contributed by atoms with Crippen molar-refractivity contribution in [1.29, 1.82) is 0 Å². The van der Waals surface area contributed by atoms with Crippen LogP contribution in [0.25, 0.3) is 6.08 Å². The number of amides is 3. The lowest BCUT2D eigenvalue weighted by Crippen LogP contribution is -2.29. The second-order valence-corrected chi connectivity index (χ2v) is 6.27. The molecule has 0 bridgehead atoms. The summed E-state index contributed by atoms with van der Waals surface area (Å²) in [5.41, 5.74) is 2.76. The van der Waals surface area contributed by atoms with Crippen LogP contribution in [0.15, 0.2) is 84.9 Å². The van der Waals surface area contributed by atoms with Gasteiger partial charge in [-0.2, -0.15) is 0 Å². The Morgan fingerprint density at radius 2 is 1.32 bits per heavy atom. The number of benzene rings is 3. The molecule has 1 N–H and O–H groups in total. The van der Waals surface area contributed by atoms with Gasteiger partial charge in [-0.05, 0) is 48.0 Å². The molecule has 28 heavy (non-hydrogen) atoms. The number of imide groups is 1. The first-order valence-corrected chi connectivity index (χ1v) is 8.75. The Labute approximate surface area is 161 Å². The van der Waals surface area contributed by atoms with Gasteiger partial charge in [0.25, 0.3) is 11.8 Å². The Hall–Kier alpha value is -3.99. The van der Waals surface area contributed by atoms with E-state index in [9.17, 15) is 14.4 Å². The highest BCUT2D eigenvalue weighted by Gasteiger charge is 2.36. The molecule has 0 aliphatic carbocycles. The molecule has 0 saturated heterocycles. The summed E-state index contributed by atoms with van der Waals surface area (Å²) >= 11 is 0. The van der Waals surface area contributed by atoms with E-state index in [1.54, 1.807) is 54.6 Å². The summed E-state index contributed by atoms with van der Waals surface area (Å²) in [6.07, 6.45) is 3.18. The molecule has 1 aliphatic heterocycles. The maximum absolute atomic E-state index is 12.5. The van der Waals surface area contributed by atoms with Crippen LogP contribution in [0.5, 0.6) is 0 Å². The van der Waals surface area contributed by atoms with Crippen molar-refractivity contribution < 1.29 is 14.4 Å². The number of carbonyl (C=O) groups excluding carboxylic acids is 3. The van der Waals surface area contributed by atoms with Gasteiger partial charge in [-0.1, -0.05) is 42.5 Å². The standard InChI is InChI=1S/C23H16N2O3/c26-21(15-10-16-6-2-1-3-7-16)24-17-11-13-18(14-12-17)25-22(27)19-8-4-5-9-20(19)23(25)28/h1-15H,(H,24,26). The maximum Gasteiger partial charge on any atom is 0.266 e. The summed E-state index contributed by atoms with van der Waals surface area (Å²) < 4.78 is 0. The molecule has 0 unspecified atom stereocenters. The van der Waals surface area contributed by atoms with Gasteiger partial charge in [0.2, 0.25) is 5.91 Å². The quantitative estimate of drug-likeness (QED) is 0.556. The molecule has 5 heteroatoms. The molecule has 0 spiro atoms. The summed E-state index contributed by atoms with van der Waals surface area (Å²) in [6, 6.07) is 22.9. The van der Waals surface area contributed by atoms with Crippen LogP contribution >= 0.6 is 0 Å². The Morgan fingerprint density at radius 3 is 1.93 bits per heavy atom. The van der Waals surface area contributed by atoms with E-state index >= 15 is 0 Å². The molecule has 5 nitrogen and oxygen atoms in total. The first kappa shape index (κ1) is 17.4. The normalized spacial score (nSPS) is 13.1. The van der Waals surface area contributed by atoms with Crippen LogP contribution in [-0.2, 0) is 4.79 Å². The van der Waals surface area contributed by atoms with Crippen molar-refractivity contribution >= 4 is 35.2 Å². The molecule has 1 heterocycles. The van der Waals surface area contributed by atoms with Crippen molar-refractivity contribution in [2.75, 3.05) is 10.2 Å². The van der Waals surface area contributed by atoms with E-state index in [2.05, 4.69) is 5.32 Å². The third-order valence-electron chi connectivity index (χ3n) is 4.41. The highest BCUT2D eigenvalue weighted by atomic mass is 16.2. The van der Waals surface area contributed by atoms with E-state index in [0.717, 1.165) is 10.5 Å². The van der Waals surface area contributed by atoms with Gasteiger partial charge in [-0.25, -0.2) is 4.90 Å². The molecule has 0 saturated carbocycles. The van der Waals surface area contributed by atoms with E-state index < -0.39 is 0 Å². The van der Waals surface area contributed by atoms with Gasteiger partial charge in [-0.3, -0.25) is 14.4 Å². The van der Waals surface area contributed by atoms with Crippen molar-refractivity contribution in [1.82, 2.24) is 0 Å². The molecule has 3 amide bonds. The number of anilines is 2. The van der Waals surface area contributed by atoms with Crippen LogP contribution < -0.4 is 10.2 Å². The first-order chi connectivity index (χ1) is 13.6. The van der Waals surface area contributed by atoms with Gasteiger partial charge in [0.1, 0.15) is 0 Å². The Balaban J connectivity index is 1.46. The second-order valence-electron chi connectivity index (χ2n) is 6.27. The number of nitrogens with zero attached hydrogens (tertiary/aromatic N) is 1. The predicted octanol–water partition coefficient (Wildman–Crippen LogP) is 4.14. The minimum absolute atomic E-state index is 0.266. The van der Waals surface area contributed by atoms with Crippen LogP contribution in [0, 0.1) is 0 Å². The molecule has 3 aromatic carbocycles. The number of hydrogen-bond donors (Lipinski definition) is 1. The molecular weight excluding hydrogens is 352 g/mol. The topological polar surface area (TPSA) is 66.5 Å². The van der Waals surface area contributed by atoms with Crippen molar-refractivity contribution in [2.45, 2.75) is 0 Å². The third kappa shape index (κ3) is 3.33. The minimum atomic E-state index is -0.344. The maximum atomic E-state index is 12.5. The van der Waals surface area contributed by atoms with Crippen molar-refractivity contribution in [3.63, 3.8) is 0 Å². The molecule has 0 radical (unpaired) electrons. The fraction of sp³-hybridized carbons (Fsp3) is 0. The van der Waals surface area contributed by atoms with Gasteiger partial charge in [0.05, 0.1) is 16.8 Å². The fourth-order valence-corrected chi connectivity index (χ4v) is 3.04. The monoisotopic (exact) mass is 368 g/mol. The number of nitrogens with one attached hydrogen (secondary N) is 1. The number of carbonyl (C=O) groups is 3. The van der Waals surface area contributed by atoms with Crippen LogP contribution in [0.1, 0.15) is 26.3 Å². The summed E-state index contributed by atoms with van der Waals surface area (Å²) in [6.45, 7) is 0. The zero-order valence-corrected chi connectivity index (χ0v) is 14.8. The predicted molar refractivity (Wildman–Crippen MR) is 108 cm³/mol. The highest BCUT2D eigenvalue weighted by Crippen LogP contribution is 2.28. The summed E-state index contributed by atoms with van der Waals surface area (Å²) in [7, 11) is 0. The van der Waals surface area contributed by atoms with Crippen molar-refractivity contribution in [3.05, 3.63) is 102 Å². The Kier molecular flexibility index (Phi) is 4.56. The zero-order chi connectivity index (χ0) is 19.5. The molecule has 0 atom stereocenters. The van der Waals surface area contributed by atoms with E-state index in [0.29, 0.717) is 22.5 Å². The largest absolute Gasteiger partial charge is 0.323 e.